The maximum Gasteiger partial charge on any atom is 0.401 e. The Morgan fingerprint density at radius 2 is 1.69 bits per heavy atom. The Bertz CT molecular complexity index is 347. The number of hydrogen-bond acceptors (Lipinski definition) is 1. The molecule has 0 heterocycles. The van der Waals surface area contributed by atoms with Gasteiger partial charge in [-0.15, -0.1) is 4.39 Å². The van der Waals surface area contributed by atoms with Crippen LogP contribution in [0.5, 0.6) is 0 Å². The van der Waals surface area contributed by atoms with Gasteiger partial charge in [-0.1, -0.05) is 6.07 Å². The van der Waals surface area contributed by atoms with Crippen molar-refractivity contribution in [2.75, 3.05) is 5.32 Å². The summed E-state index contributed by atoms with van der Waals surface area (Å²) in [7, 11) is 0. The van der Waals surface area contributed by atoms with Crippen LogP contribution in [0.25, 0.3) is 0 Å². The first-order valence-corrected chi connectivity index (χ1v) is 4.05. The Morgan fingerprint density at radius 3 is 2.23 bits per heavy atom. The van der Waals surface area contributed by atoms with Gasteiger partial charge < -0.3 is 0 Å². The number of halogens is 1. The average molecular weight is 181 g/mol. The molecule has 0 atom stereocenters. The molecule has 0 unspecified atom stereocenters. The van der Waals surface area contributed by atoms with Crippen molar-refractivity contribution < 1.29 is 9.18 Å². The summed E-state index contributed by atoms with van der Waals surface area (Å²) in [6.07, 6.45) is -1.52. The lowest BCUT2D eigenvalue weighted by Gasteiger charge is -2.08. The number of nitrogens with one attached hydrogen (secondary N) is 1. The van der Waals surface area contributed by atoms with Gasteiger partial charge in [-0.2, -0.15) is 0 Å². The van der Waals surface area contributed by atoms with E-state index in [2.05, 4.69) is 5.32 Å². The largest absolute Gasteiger partial charge is 0.401 e. The van der Waals surface area contributed by atoms with Crippen molar-refractivity contribution in [3.63, 3.8) is 0 Å². The molecular weight excluding hydrogens is 169 g/mol. The average Bonchev–Trinajstić information content (AvgIpc) is 1.99. The maximum absolute atomic E-state index is 12.0. The fourth-order valence-electron chi connectivity index (χ4n) is 1.20. The standard InChI is InChI=1S/C10H12FNO/c1-6-4-8(3)9(5-7(6)2)12-10(11)13/h4-5H,1-3H3,(H,12,13). The lowest BCUT2D eigenvalue weighted by Crippen LogP contribution is -2.04. The van der Waals surface area contributed by atoms with Crippen molar-refractivity contribution in [2.24, 2.45) is 0 Å². The topological polar surface area (TPSA) is 29.1 Å². The van der Waals surface area contributed by atoms with Crippen LogP contribution in [0.15, 0.2) is 12.1 Å². The molecule has 0 aliphatic heterocycles. The summed E-state index contributed by atoms with van der Waals surface area (Å²) in [5.74, 6) is 0. The molecule has 0 aliphatic carbocycles. The van der Waals surface area contributed by atoms with Crippen molar-refractivity contribution in [3.8, 4) is 0 Å². The van der Waals surface area contributed by atoms with Gasteiger partial charge in [0.2, 0.25) is 0 Å². The van der Waals surface area contributed by atoms with Gasteiger partial charge in [0, 0.05) is 5.69 Å². The molecular formula is C10H12FNO. The zero-order valence-electron chi connectivity index (χ0n) is 7.94. The Morgan fingerprint density at radius 1 is 1.15 bits per heavy atom. The highest BCUT2D eigenvalue weighted by Gasteiger charge is 2.04. The molecule has 1 rings (SSSR count). The Kier molecular flexibility index (Phi) is 2.66. The molecule has 70 valence electrons. The van der Waals surface area contributed by atoms with Gasteiger partial charge in [0.05, 0.1) is 0 Å². The molecule has 0 bridgehead atoms. The monoisotopic (exact) mass is 181 g/mol. The zero-order chi connectivity index (χ0) is 10.0. The van der Waals surface area contributed by atoms with Crippen LogP contribution in [-0.2, 0) is 0 Å². The minimum Gasteiger partial charge on any atom is -0.298 e. The van der Waals surface area contributed by atoms with E-state index in [9.17, 15) is 9.18 Å². The molecule has 13 heavy (non-hydrogen) atoms. The van der Waals surface area contributed by atoms with Crippen molar-refractivity contribution in [1.29, 1.82) is 0 Å². The lowest BCUT2D eigenvalue weighted by atomic mass is 10.1. The molecule has 1 aromatic carbocycles. The molecule has 0 aromatic heterocycles. The third-order valence-corrected chi connectivity index (χ3v) is 2.07. The summed E-state index contributed by atoms with van der Waals surface area (Å²) in [5, 5.41) is 2.14. The smallest absolute Gasteiger partial charge is 0.298 e. The van der Waals surface area contributed by atoms with E-state index in [0.717, 1.165) is 16.7 Å². The van der Waals surface area contributed by atoms with E-state index in [1.807, 2.05) is 26.8 Å². The van der Waals surface area contributed by atoms with Gasteiger partial charge in [0.25, 0.3) is 0 Å². The molecule has 0 spiro atoms. The second-order valence-electron chi connectivity index (χ2n) is 3.15. The van der Waals surface area contributed by atoms with E-state index in [0.29, 0.717) is 5.69 Å². The van der Waals surface area contributed by atoms with E-state index < -0.39 is 6.16 Å². The van der Waals surface area contributed by atoms with Crippen molar-refractivity contribution >= 4 is 11.8 Å². The van der Waals surface area contributed by atoms with Crippen LogP contribution < -0.4 is 5.32 Å². The molecule has 2 nitrogen and oxygen atoms in total. The lowest BCUT2D eigenvalue weighted by molar-refractivity contribution is 0.235. The van der Waals surface area contributed by atoms with Gasteiger partial charge in [-0.05, 0) is 43.5 Å². The molecule has 3 heteroatoms. The fourth-order valence-corrected chi connectivity index (χ4v) is 1.20. The van der Waals surface area contributed by atoms with Gasteiger partial charge >= 0.3 is 6.16 Å². The molecule has 0 aliphatic rings. The number of rotatable bonds is 1. The predicted octanol–water partition coefficient (Wildman–Crippen LogP) is 3.11. The maximum atomic E-state index is 12.0. The SMILES string of the molecule is Cc1cc(C)c(NC(=O)F)cc1C. The Balaban J connectivity index is 3.08. The van der Waals surface area contributed by atoms with Crippen LogP contribution in [-0.4, -0.2) is 6.16 Å². The Labute approximate surface area is 76.8 Å². The summed E-state index contributed by atoms with van der Waals surface area (Å²) in [6.45, 7) is 5.73. The zero-order valence-corrected chi connectivity index (χ0v) is 7.94. The summed E-state index contributed by atoms with van der Waals surface area (Å²) < 4.78 is 12.0. The molecule has 0 saturated carbocycles. The van der Waals surface area contributed by atoms with Crippen LogP contribution in [0.3, 0.4) is 0 Å². The highest BCUT2D eigenvalue weighted by Crippen LogP contribution is 2.19. The van der Waals surface area contributed by atoms with E-state index in [4.69, 9.17) is 0 Å². The highest BCUT2D eigenvalue weighted by molar-refractivity contribution is 5.84. The first-order chi connectivity index (χ1) is 6.00. The number of carbonyl (C=O) groups is 1. The van der Waals surface area contributed by atoms with Crippen molar-refractivity contribution in [1.82, 2.24) is 0 Å². The minimum absolute atomic E-state index is 0.538. The second-order valence-corrected chi connectivity index (χ2v) is 3.15. The molecule has 1 amide bonds. The molecule has 0 fully saturated rings. The molecule has 1 N–H and O–H groups in total. The van der Waals surface area contributed by atoms with Crippen LogP contribution in [0.4, 0.5) is 14.9 Å². The first-order valence-electron chi connectivity index (χ1n) is 4.05. The van der Waals surface area contributed by atoms with E-state index in [1.165, 1.54) is 0 Å². The van der Waals surface area contributed by atoms with E-state index in [1.54, 1.807) is 6.07 Å². The number of anilines is 1. The molecule has 0 saturated heterocycles. The van der Waals surface area contributed by atoms with Crippen LogP contribution in [0, 0.1) is 20.8 Å². The molecule has 1 aromatic rings. The minimum atomic E-state index is -1.52. The summed E-state index contributed by atoms with van der Waals surface area (Å²) >= 11 is 0. The Hall–Kier alpha value is -1.38. The van der Waals surface area contributed by atoms with Crippen molar-refractivity contribution in [3.05, 3.63) is 28.8 Å². The third kappa shape index (κ3) is 2.28. The quantitative estimate of drug-likeness (QED) is 0.523. The third-order valence-electron chi connectivity index (χ3n) is 2.07. The number of hydrogen-bond donors (Lipinski definition) is 1. The van der Waals surface area contributed by atoms with Gasteiger partial charge in [0.15, 0.2) is 0 Å². The van der Waals surface area contributed by atoms with Crippen LogP contribution in [0.1, 0.15) is 16.7 Å². The highest BCUT2D eigenvalue weighted by atomic mass is 19.1. The van der Waals surface area contributed by atoms with Crippen LogP contribution >= 0.6 is 0 Å². The van der Waals surface area contributed by atoms with Gasteiger partial charge in [0.1, 0.15) is 0 Å². The second kappa shape index (κ2) is 3.56. The van der Waals surface area contributed by atoms with E-state index in [-0.39, 0.29) is 0 Å². The predicted molar refractivity (Wildman–Crippen MR) is 50.8 cm³/mol. The summed E-state index contributed by atoms with van der Waals surface area (Å²) in [6, 6.07) is 3.68. The van der Waals surface area contributed by atoms with Crippen molar-refractivity contribution in [2.45, 2.75) is 20.8 Å². The normalized spacial score (nSPS) is 9.85. The summed E-state index contributed by atoms with van der Waals surface area (Å²) in [5.41, 5.74) is 3.58. The number of carbonyl (C=O) groups excluding carboxylic acids is 1. The first kappa shape index (κ1) is 9.71. The van der Waals surface area contributed by atoms with Gasteiger partial charge in [-0.3, -0.25) is 5.32 Å². The number of aryl methyl sites for hydroxylation is 3. The van der Waals surface area contributed by atoms with Crippen LogP contribution in [0.2, 0.25) is 0 Å². The van der Waals surface area contributed by atoms with E-state index >= 15 is 0 Å². The fraction of sp³-hybridized carbons (Fsp3) is 0.300. The molecule has 0 radical (unpaired) electrons. The number of amides is 1. The number of benzene rings is 1. The summed E-state index contributed by atoms with van der Waals surface area (Å²) in [4.78, 5) is 10.2. The van der Waals surface area contributed by atoms with Gasteiger partial charge in [-0.25, -0.2) is 4.79 Å².